The minimum Gasteiger partial charge on any atom is -0.494 e. The van der Waals surface area contributed by atoms with Gasteiger partial charge in [-0.3, -0.25) is 4.79 Å². The Hall–Kier alpha value is -2.69. The van der Waals surface area contributed by atoms with Gasteiger partial charge >= 0.3 is 0 Å². The summed E-state index contributed by atoms with van der Waals surface area (Å²) < 4.78 is 34.1. The van der Waals surface area contributed by atoms with Crippen molar-refractivity contribution in [2.24, 2.45) is 0 Å². The fourth-order valence-electron chi connectivity index (χ4n) is 4.45. The van der Waals surface area contributed by atoms with E-state index in [1.165, 1.54) is 9.87 Å². The summed E-state index contributed by atoms with van der Waals surface area (Å²) in [5, 5.41) is 0.933. The zero-order chi connectivity index (χ0) is 25.9. The van der Waals surface area contributed by atoms with Crippen molar-refractivity contribution in [2.45, 2.75) is 38.5 Å². The molecule has 0 saturated carbocycles. The van der Waals surface area contributed by atoms with Crippen LogP contribution in [-0.4, -0.2) is 74.9 Å². The van der Waals surface area contributed by atoms with Crippen molar-refractivity contribution in [1.82, 2.24) is 14.2 Å². The minimum absolute atomic E-state index is 0.0839. The highest BCUT2D eigenvalue weighted by Crippen LogP contribution is 2.36. The molecule has 0 bridgehead atoms. The number of aryl methyl sites for hydroxylation is 1. The first-order valence-corrected chi connectivity index (χ1v) is 14.6. The lowest BCUT2D eigenvalue weighted by molar-refractivity contribution is 0.0746. The number of methoxy groups -OCH3 is 1. The number of nitrogens with zero attached hydrogens (tertiary/aromatic N) is 4. The zero-order valence-electron chi connectivity index (χ0n) is 21.4. The fraction of sp³-hybridized carbons (Fsp3) is 0.462. The monoisotopic (exact) mass is 530 g/mol. The van der Waals surface area contributed by atoms with Gasteiger partial charge in [-0.15, -0.1) is 0 Å². The van der Waals surface area contributed by atoms with Gasteiger partial charge < -0.3 is 14.5 Å². The van der Waals surface area contributed by atoms with Gasteiger partial charge in [0.15, 0.2) is 5.13 Å². The number of carbonyl (C=O) groups excluding carboxylic acids is 1. The van der Waals surface area contributed by atoms with E-state index >= 15 is 0 Å². The van der Waals surface area contributed by atoms with Crippen LogP contribution in [0.5, 0.6) is 5.75 Å². The van der Waals surface area contributed by atoms with Crippen LogP contribution in [0.15, 0.2) is 41.3 Å². The van der Waals surface area contributed by atoms with E-state index in [2.05, 4.69) is 11.8 Å². The highest BCUT2D eigenvalue weighted by molar-refractivity contribution is 7.89. The van der Waals surface area contributed by atoms with Crippen LogP contribution in [0.2, 0.25) is 0 Å². The molecule has 36 heavy (non-hydrogen) atoms. The molecule has 1 aromatic heterocycles. The Morgan fingerprint density at radius 3 is 2.25 bits per heavy atom. The highest BCUT2D eigenvalue weighted by Gasteiger charge is 2.26. The molecule has 1 aliphatic heterocycles. The van der Waals surface area contributed by atoms with Crippen LogP contribution in [-0.2, 0) is 10.0 Å². The van der Waals surface area contributed by atoms with Crippen LogP contribution in [0.1, 0.15) is 42.6 Å². The van der Waals surface area contributed by atoms with Crippen molar-refractivity contribution in [2.75, 3.05) is 51.3 Å². The van der Waals surface area contributed by atoms with Gasteiger partial charge in [0.1, 0.15) is 11.3 Å². The Bertz CT molecular complexity index is 1310. The fourth-order valence-corrected chi connectivity index (χ4v) is 7.18. The van der Waals surface area contributed by atoms with Gasteiger partial charge in [0.05, 0.1) is 16.7 Å². The normalized spacial score (nSPS) is 14.6. The zero-order valence-corrected chi connectivity index (χ0v) is 23.0. The van der Waals surface area contributed by atoms with Crippen LogP contribution >= 0.6 is 11.3 Å². The van der Waals surface area contributed by atoms with Gasteiger partial charge in [-0.1, -0.05) is 31.3 Å². The van der Waals surface area contributed by atoms with Crippen LogP contribution in [0.4, 0.5) is 5.13 Å². The van der Waals surface area contributed by atoms with Gasteiger partial charge in [-0.25, -0.2) is 13.4 Å². The third-order valence-corrected chi connectivity index (χ3v) is 9.60. The number of rotatable bonds is 9. The summed E-state index contributed by atoms with van der Waals surface area (Å²) in [4.78, 5) is 22.2. The SMILES string of the molecule is CCCN(CCC)S(=O)(=O)c1ccc(C(=O)N2CCN(c3nc4c(OC)ccc(C)c4s3)CC2)cc1. The van der Waals surface area contributed by atoms with E-state index in [9.17, 15) is 13.2 Å². The van der Waals surface area contributed by atoms with Crippen LogP contribution < -0.4 is 9.64 Å². The molecule has 0 N–H and O–H groups in total. The second kappa shape index (κ2) is 11.1. The molecule has 0 radical (unpaired) electrons. The number of hydrogen-bond donors (Lipinski definition) is 0. The lowest BCUT2D eigenvalue weighted by atomic mass is 10.2. The lowest BCUT2D eigenvalue weighted by Gasteiger charge is -2.34. The molecule has 8 nitrogen and oxygen atoms in total. The van der Waals surface area contributed by atoms with Crippen molar-refractivity contribution in [3.8, 4) is 5.75 Å². The number of benzene rings is 2. The number of anilines is 1. The summed E-state index contributed by atoms with van der Waals surface area (Å²) in [5.41, 5.74) is 2.55. The maximum Gasteiger partial charge on any atom is 0.253 e. The molecule has 1 aliphatic rings. The van der Waals surface area contributed by atoms with Crippen molar-refractivity contribution in [3.05, 3.63) is 47.5 Å². The molecular weight excluding hydrogens is 496 g/mol. The van der Waals surface area contributed by atoms with E-state index in [4.69, 9.17) is 9.72 Å². The van der Waals surface area contributed by atoms with Crippen molar-refractivity contribution >= 4 is 42.6 Å². The number of sulfonamides is 1. The summed E-state index contributed by atoms with van der Waals surface area (Å²) in [5.74, 6) is 0.685. The second-order valence-corrected chi connectivity index (χ2v) is 11.9. The molecule has 4 rings (SSSR count). The number of fused-ring (bicyclic) bond motifs is 1. The first kappa shape index (κ1) is 26.4. The number of amides is 1. The van der Waals surface area contributed by atoms with Crippen LogP contribution in [0.3, 0.4) is 0 Å². The van der Waals surface area contributed by atoms with Crippen molar-refractivity contribution < 1.29 is 17.9 Å². The lowest BCUT2D eigenvalue weighted by Crippen LogP contribution is -2.48. The van der Waals surface area contributed by atoms with E-state index in [0.717, 1.165) is 33.9 Å². The topological polar surface area (TPSA) is 83.1 Å². The summed E-state index contributed by atoms with van der Waals surface area (Å²) in [6, 6.07) is 10.3. The van der Waals surface area contributed by atoms with E-state index in [1.54, 1.807) is 42.7 Å². The minimum atomic E-state index is -3.56. The summed E-state index contributed by atoms with van der Waals surface area (Å²) >= 11 is 1.65. The summed E-state index contributed by atoms with van der Waals surface area (Å²) in [7, 11) is -1.91. The standard InChI is InChI=1S/C26H34N4O4S2/c1-5-13-30(14-6-2)36(32,33)21-10-8-20(9-11-21)25(31)28-15-17-29(18-16-28)26-27-23-22(34-4)12-7-19(3)24(23)35-26/h7-12H,5-6,13-18H2,1-4H3. The van der Waals surface area contributed by atoms with Crippen molar-refractivity contribution in [3.63, 3.8) is 0 Å². The van der Waals surface area contributed by atoms with Crippen LogP contribution in [0, 0.1) is 6.92 Å². The Kier molecular flexibility index (Phi) is 8.17. The highest BCUT2D eigenvalue weighted by atomic mass is 32.2. The molecule has 194 valence electrons. The largest absolute Gasteiger partial charge is 0.494 e. The van der Waals surface area contributed by atoms with Crippen LogP contribution in [0.25, 0.3) is 10.2 Å². The molecule has 1 saturated heterocycles. The number of hydrogen-bond acceptors (Lipinski definition) is 7. The number of thiazole rings is 1. The molecule has 0 spiro atoms. The average molecular weight is 531 g/mol. The molecule has 2 heterocycles. The van der Waals surface area contributed by atoms with E-state index in [1.807, 2.05) is 30.9 Å². The van der Waals surface area contributed by atoms with E-state index < -0.39 is 10.0 Å². The number of ether oxygens (including phenoxy) is 1. The van der Waals surface area contributed by atoms with E-state index in [0.29, 0.717) is 44.8 Å². The number of piperazine rings is 1. The molecule has 2 aromatic carbocycles. The Morgan fingerprint density at radius 1 is 1.03 bits per heavy atom. The molecule has 0 atom stereocenters. The first-order valence-electron chi connectivity index (χ1n) is 12.4. The second-order valence-electron chi connectivity index (χ2n) is 8.97. The van der Waals surface area contributed by atoms with Gasteiger partial charge in [-0.05, 0) is 55.7 Å². The Labute approximate surface area is 217 Å². The van der Waals surface area contributed by atoms with Gasteiger partial charge in [0.2, 0.25) is 10.0 Å². The number of carbonyl (C=O) groups is 1. The average Bonchev–Trinajstić information content (AvgIpc) is 3.35. The first-order chi connectivity index (χ1) is 17.3. The smallest absolute Gasteiger partial charge is 0.253 e. The molecule has 10 heteroatoms. The summed E-state index contributed by atoms with van der Waals surface area (Å²) in [6.07, 6.45) is 1.51. The quantitative estimate of drug-likeness (QED) is 0.408. The summed E-state index contributed by atoms with van der Waals surface area (Å²) in [6.45, 7) is 9.50. The Morgan fingerprint density at radius 2 is 1.67 bits per heavy atom. The Balaban J connectivity index is 1.43. The third-order valence-electron chi connectivity index (χ3n) is 6.43. The number of aromatic nitrogens is 1. The molecule has 0 unspecified atom stereocenters. The molecule has 1 amide bonds. The maximum atomic E-state index is 13.1. The molecule has 3 aromatic rings. The van der Waals surface area contributed by atoms with Gasteiger partial charge in [0.25, 0.3) is 5.91 Å². The van der Waals surface area contributed by atoms with Gasteiger partial charge in [0, 0.05) is 44.8 Å². The molecule has 0 aliphatic carbocycles. The predicted molar refractivity (Wildman–Crippen MR) is 145 cm³/mol. The molecular formula is C26H34N4O4S2. The molecule has 1 fully saturated rings. The van der Waals surface area contributed by atoms with Gasteiger partial charge in [-0.2, -0.15) is 4.31 Å². The van der Waals surface area contributed by atoms with Crippen molar-refractivity contribution in [1.29, 1.82) is 0 Å². The third kappa shape index (κ3) is 5.21. The van der Waals surface area contributed by atoms with E-state index in [-0.39, 0.29) is 10.8 Å². The maximum absolute atomic E-state index is 13.1. The predicted octanol–water partition coefficient (Wildman–Crippen LogP) is 4.39.